The topological polar surface area (TPSA) is 39.2 Å². The highest BCUT2D eigenvalue weighted by molar-refractivity contribution is 6.13. The average molecular weight is 345 g/mol. The number of hydrogen-bond acceptors (Lipinski definition) is 3. The molecule has 3 aromatic rings. The summed E-state index contributed by atoms with van der Waals surface area (Å²) in [5.41, 5.74) is 0.578. The number of carbonyl (C=O) groups is 1. The Kier molecular flexibility index (Phi) is 4.44. The maximum absolute atomic E-state index is 13.2. The van der Waals surface area contributed by atoms with Crippen molar-refractivity contribution in [3.8, 4) is 17.0 Å². The number of carbonyl (C=O) groups excluding carboxylic acids is 1. The molecule has 0 unspecified atom stereocenters. The summed E-state index contributed by atoms with van der Waals surface area (Å²) >= 11 is 0. The third kappa shape index (κ3) is 3.20. The smallest absolute Gasteiger partial charge is 0.455 e. The summed E-state index contributed by atoms with van der Waals surface area (Å²) in [6, 6.07) is 15.2. The van der Waals surface area contributed by atoms with Gasteiger partial charge in [-0.25, -0.2) is 4.98 Å². The number of rotatable bonds is 4. The van der Waals surface area contributed by atoms with Crippen molar-refractivity contribution >= 4 is 16.7 Å². The molecule has 3 rings (SSSR count). The van der Waals surface area contributed by atoms with Crippen LogP contribution in [0.25, 0.3) is 22.0 Å². The van der Waals surface area contributed by atoms with Crippen molar-refractivity contribution < 1.29 is 22.7 Å². The van der Waals surface area contributed by atoms with Crippen LogP contribution in [0.5, 0.6) is 5.88 Å². The molecular weight excluding hydrogens is 331 g/mol. The Bertz CT molecular complexity index is 921. The van der Waals surface area contributed by atoms with E-state index in [1.54, 1.807) is 61.5 Å². The van der Waals surface area contributed by atoms with Gasteiger partial charge in [0, 0.05) is 10.9 Å². The summed E-state index contributed by atoms with van der Waals surface area (Å²) in [6.45, 7) is 1.72. The molecule has 0 radical (unpaired) electrons. The summed E-state index contributed by atoms with van der Waals surface area (Å²) in [5.74, 6) is -2.27. The van der Waals surface area contributed by atoms with Crippen molar-refractivity contribution in [2.45, 2.75) is 13.1 Å². The molecule has 0 saturated heterocycles. The second kappa shape index (κ2) is 6.55. The second-order valence-corrected chi connectivity index (χ2v) is 5.31. The van der Waals surface area contributed by atoms with Gasteiger partial charge >= 0.3 is 6.18 Å². The van der Waals surface area contributed by atoms with Crippen LogP contribution >= 0.6 is 0 Å². The number of ketones is 1. The maximum atomic E-state index is 13.2. The number of pyridine rings is 1. The van der Waals surface area contributed by atoms with Crippen molar-refractivity contribution in [1.82, 2.24) is 4.98 Å². The van der Waals surface area contributed by atoms with E-state index in [4.69, 9.17) is 4.74 Å². The molecule has 0 aliphatic rings. The molecule has 3 nitrogen and oxygen atoms in total. The zero-order chi connectivity index (χ0) is 18.0. The monoisotopic (exact) mass is 345 g/mol. The molecule has 0 atom stereocenters. The molecule has 0 saturated carbocycles. The number of Topliss-reactive ketones (excluding diaryl/α,β-unsaturated/α-hetero) is 1. The van der Waals surface area contributed by atoms with Crippen LogP contribution in [0.4, 0.5) is 13.2 Å². The summed E-state index contributed by atoms with van der Waals surface area (Å²) in [5, 5.41) is 0.463. The Morgan fingerprint density at radius 1 is 1.04 bits per heavy atom. The lowest BCUT2D eigenvalue weighted by Crippen LogP contribution is -2.25. The predicted molar refractivity (Wildman–Crippen MR) is 88.7 cm³/mol. The van der Waals surface area contributed by atoms with Crippen molar-refractivity contribution in [3.63, 3.8) is 0 Å². The second-order valence-electron chi connectivity index (χ2n) is 5.31. The van der Waals surface area contributed by atoms with Crippen molar-refractivity contribution in [1.29, 1.82) is 0 Å². The largest absolute Gasteiger partial charge is 0.477 e. The van der Waals surface area contributed by atoms with Crippen LogP contribution in [-0.4, -0.2) is 23.6 Å². The van der Waals surface area contributed by atoms with Crippen molar-refractivity contribution in [2.24, 2.45) is 0 Å². The highest BCUT2D eigenvalue weighted by Gasteiger charge is 2.43. The van der Waals surface area contributed by atoms with E-state index in [1.807, 2.05) is 0 Å². The number of aromatic nitrogens is 1. The van der Waals surface area contributed by atoms with Crippen LogP contribution in [-0.2, 0) is 0 Å². The highest BCUT2D eigenvalue weighted by atomic mass is 19.4. The third-order valence-corrected chi connectivity index (χ3v) is 3.69. The van der Waals surface area contributed by atoms with E-state index in [-0.39, 0.29) is 18.1 Å². The molecule has 0 aliphatic carbocycles. The highest BCUT2D eigenvalue weighted by Crippen LogP contribution is 2.39. The minimum absolute atomic E-state index is 0.0949. The van der Waals surface area contributed by atoms with E-state index in [2.05, 4.69) is 4.98 Å². The number of nitrogens with zero attached hydrogens (tertiary/aromatic N) is 1. The number of ether oxygens (including phenoxy) is 1. The molecule has 6 heteroatoms. The van der Waals surface area contributed by atoms with E-state index < -0.39 is 17.5 Å². The van der Waals surface area contributed by atoms with Crippen molar-refractivity contribution in [3.05, 3.63) is 60.2 Å². The Balaban J connectivity index is 2.44. The van der Waals surface area contributed by atoms with Gasteiger partial charge in [0.1, 0.15) is 0 Å². The summed E-state index contributed by atoms with van der Waals surface area (Å²) < 4.78 is 44.9. The molecule has 1 aromatic heterocycles. The molecule has 0 aliphatic heterocycles. The minimum atomic E-state index is -5.03. The first-order chi connectivity index (χ1) is 11.9. The van der Waals surface area contributed by atoms with E-state index >= 15 is 0 Å². The summed E-state index contributed by atoms with van der Waals surface area (Å²) in [7, 11) is 0. The van der Waals surface area contributed by atoms with Gasteiger partial charge in [0.15, 0.2) is 0 Å². The normalized spacial score (nSPS) is 11.5. The fraction of sp³-hybridized carbons (Fsp3) is 0.158. The number of halogens is 3. The van der Waals surface area contributed by atoms with Gasteiger partial charge in [0.2, 0.25) is 5.88 Å². The van der Waals surface area contributed by atoms with Crippen LogP contribution in [0.15, 0.2) is 54.6 Å². The number of para-hydroxylation sites is 1. The van der Waals surface area contributed by atoms with Crippen LogP contribution in [0, 0.1) is 0 Å². The molecule has 25 heavy (non-hydrogen) atoms. The van der Waals surface area contributed by atoms with Crippen LogP contribution in [0.2, 0.25) is 0 Å². The van der Waals surface area contributed by atoms with Gasteiger partial charge in [-0.05, 0) is 18.6 Å². The predicted octanol–water partition coefficient (Wildman–Crippen LogP) is 5.05. The van der Waals surface area contributed by atoms with Gasteiger partial charge in [0.25, 0.3) is 5.78 Å². The van der Waals surface area contributed by atoms with Crippen LogP contribution < -0.4 is 4.74 Å². The first-order valence-electron chi connectivity index (χ1n) is 7.66. The lowest BCUT2D eigenvalue weighted by atomic mass is 9.93. The number of benzene rings is 2. The molecule has 128 valence electrons. The van der Waals surface area contributed by atoms with Crippen LogP contribution in [0.1, 0.15) is 17.3 Å². The molecule has 0 bridgehead atoms. The van der Waals surface area contributed by atoms with Gasteiger partial charge in [-0.3, -0.25) is 4.79 Å². The van der Waals surface area contributed by atoms with E-state index in [0.717, 1.165) is 0 Å². The van der Waals surface area contributed by atoms with E-state index in [0.29, 0.717) is 16.5 Å². The summed E-state index contributed by atoms with van der Waals surface area (Å²) in [6.07, 6.45) is -5.03. The molecule has 0 spiro atoms. The van der Waals surface area contributed by atoms with Gasteiger partial charge in [-0.15, -0.1) is 0 Å². The minimum Gasteiger partial charge on any atom is -0.477 e. The van der Waals surface area contributed by atoms with E-state index in [9.17, 15) is 18.0 Å². The fourth-order valence-electron chi connectivity index (χ4n) is 2.69. The first-order valence-corrected chi connectivity index (χ1v) is 7.66. The molecule has 0 fully saturated rings. The van der Waals surface area contributed by atoms with Gasteiger partial charge in [0.05, 0.1) is 17.7 Å². The van der Waals surface area contributed by atoms with Gasteiger partial charge in [-0.2, -0.15) is 13.2 Å². The lowest BCUT2D eigenvalue weighted by Gasteiger charge is -2.17. The quantitative estimate of drug-likeness (QED) is 0.622. The molecule has 0 N–H and O–H groups in total. The van der Waals surface area contributed by atoms with Crippen molar-refractivity contribution in [2.75, 3.05) is 6.61 Å². The molecular formula is C19H14F3NO2. The number of hydrogen-bond donors (Lipinski definition) is 0. The van der Waals surface area contributed by atoms with E-state index in [1.165, 1.54) is 0 Å². The third-order valence-electron chi connectivity index (χ3n) is 3.69. The first kappa shape index (κ1) is 17.0. The zero-order valence-corrected chi connectivity index (χ0v) is 13.3. The summed E-state index contributed by atoms with van der Waals surface area (Å²) in [4.78, 5) is 16.3. The molecule has 0 amide bonds. The maximum Gasteiger partial charge on any atom is 0.455 e. The van der Waals surface area contributed by atoms with Crippen LogP contribution in [0.3, 0.4) is 0 Å². The van der Waals surface area contributed by atoms with Gasteiger partial charge in [-0.1, -0.05) is 48.5 Å². The Hall–Kier alpha value is -2.89. The molecule has 1 heterocycles. The fourth-order valence-corrected chi connectivity index (χ4v) is 2.69. The number of fused-ring (bicyclic) bond motifs is 1. The Morgan fingerprint density at radius 2 is 1.68 bits per heavy atom. The number of alkyl halides is 3. The Labute approximate surface area is 142 Å². The Morgan fingerprint density at radius 3 is 2.32 bits per heavy atom. The lowest BCUT2D eigenvalue weighted by molar-refractivity contribution is -0.0886. The standard InChI is InChI=1S/C19H14F3NO2/c1-2-25-18-16(17(24)19(20,21)22)15(12-8-4-3-5-9-12)13-10-6-7-11-14(13)23-18/h3-11H,2H2,1H3. The van der Waals surface area contributed by atoms with Gasteiger partial charge < -0.3 is 4.74 Å². The molecule has 2 aromatic carbocycles. The zero-order valence-electron chi connectivity index (χ0n) is 13.3. The SMILES string of the molecule is CCOc1nc2ccccc2c(-c2ccccc2)c1C(=O)C(F)(F)F. The average Bonchev–Trinajstić information content (AvgIpc) is 2.60.